The predicted molar refractivity (Wildman–Crippen MR) is 120 cm³/mol. The molecule has 164 valence electrons. The fourth-order valence-corrected chi connectivity index (χ4v) is 3.67. The average Bonchev–Trinajstić information content (AvgIpc) is 2.82. The van der Waals surface area contributed by atoms with Crippen LogP contribution in [0.25, 0.3) is 11.1 Å². The van der Waals surface area contributed by atoms with Crippen LogP contribution in [0.5, 0.6) is 23.0 Å². The summed E-state index contributed by atoms with van der Waals surface area (Å²) in [5.74, 6) is 0.557. The van der Waals surface area contributed by atoms with Crippen LogP contribution >= 0.6 is 0 Å². The van der Waals surface area contributed by atoms with Crippen molar-refractivity contribution >= 4 is 23.2 Å². The molecule has 3 aromatic carbocycles. The molecule has 2 amide bonds. The Morgan fingerprint density at radius 1 is 0.906 bits per heavy atom. The van der Waals surface area contributed by atoms with E-state index in [-0.39, 0.29) is 24.1 Å². The molecule has 0 spiro atoms. The molecule has 8 nitrogen and oxygen atoms in total. The van der Waals surface area contributed by atoms with E-state index >= 15 is 0 Å². The maximum atomic E-state index is 13.4. The van der Waals surface area contributed by atoms with Gasteiger partial charge in [-0.3, -0.25) is 14.5 Å². The molecule has 0 fully saturated rings. The van der Waals surface area contributed by atoms with Crippen LogP contribution in [0.15, 0.2) is 54.6 Å². The van der Waals surface area contributed by atoms with Gasteiger partial charge in [0.2, 0.25) is 11.7 Å². The van der Waals surface area contributed by atoms with Crippen molar-refractivity contribution in [3.05, 3.63) is 60.2 Å². The minimum Gasteiger partial charge on any atom is -0.508 e. The summed E-state index contributed by atoms with van der Waals surface area (Å²) in [6.45, 7) is -0.124. The molecule has 0 radical (unpaired) electrons. The second-order valence-corrected chi connectivity index (χ2v) is 7.13. The predicted octanol–water partition coefficient (Wildman–Crippen LogP) is 3.68. The highest BCUT2D eigenvalue weighted by Gasteiger charge is 2.29. The van der Waals surface area contributed by atoms with Crippen molar-refractivity contribution in [2.24, 2.45) is 0 Å². The van der Waals surface area contributed by atoms with Gasteiger partial charge in [-0.1, -0.05) is 18.2 Å². The maximum absolute atomic E-state index is 13.4. The smallest absolute Gasteiger partial charge is 0.259 e. The van der Waals surface area contributed by atoms with Crippen LogP contribution in [0.1, 0.15) is 10.4 Å². The molecular weight excluding hydrogens is 412 g/mol. The van der Waals surface area contributed by atoms with Crippen LogP contribution in [0.4, 0.5) is 11.4 Å². The molecule has 0 saturated carbocycles. The summed E-state index contributed by atoms with van der Waals surface area (Å²) in [6, 6.07) is 15.3. The Morgan fingerprint density at radius 2 is 1.53 bits per heavy atom. The van der Waals surface area contributed by atoms with Gasteiger partial charge in [-0.25, -0.2) is 0 Å². The zero-order valence-electron chi connectivity index (χ0n) is 17.8. The van der Waals surface area contributed by atoms with E-state index in [0.717, 1.165) is 11.1 Å². The van der Waals surface area contributed by atoms with Crippen LogP contribution in [0.2, 0.25) is 0 Å². The number of benzene rings is 3. The van der Waals surface area contributed by atoms with Gasteiger partial charge >= 0.3 is 0 Å². The number of ether oxygens (including phenoxy) is 3. The van der Waals surface area contributed by atoms with Crippen LogP contribution in [-0.4, -0.2) is 44.8 Å². The second-order valence-electron chi connectivity index (χ2n) is 7.13. The highest BCUT2D eigenvalue weighted by Crippen LogP contribution is 2.40. The van der Waals surface area contributed by atoms with E-state index in [4.69, 9.17) is 14.2 Å². The minimum absolute atomic E-state index is 0.124. The molecule has 1 aliphatic rings. The van der Waals surface area contributed by atoms with Crippen LogP contribution in [0, 0.1) is 0 Å². The Labute approximate surface area is 184 Å². The normalized spacial score (nSPS) is 12.6. The van der Waals surface area contributed by atoms with Gasteiger partial charge in [-0.2, -0.15) is 0 Å². The van der Waals surface area contributed by atoms with Gasteiger partial charge in [0.15, 0.2) is 11.5 Å². The summed E-state index contributed by atoms with van der Waals surface area (Å²) in [6.07, 6.45) is 0. The number of nitrogens with zero attached hydrogens (tertiary/aromatic N) is 1. The highest BCUT2D eigenvalue weighted by atomic mass is 16.5. The lowest BCUT2D eigenvalue weighted by Gasteiger charge is -2.30. The Bertz CT molecular complexity index is 1160. The van der Waals surface area contributed by atoms with Crippen molar-refractivity contribution in [3.63, 3.8) is 0 Å². The summed E-state index contributed by atoms with van der Waals surface area (Å²) in [5.41, 5.74) is 3.10. The highest BCUT2D eigenvalue weighted by molar-refractivity contribution is 6.15. The van der Waals surface area contributed by atoms with Crippen molar-refractivity contribution in [2.45, 2.75) is 0 Å². The average molecular weight is 434 g/mol. The molecule has 4 rings (SSSR count). The Morgan fingerprint density at radius 3 is 2.12 bits per heavy atom. The first-order valence-corrected chi connectivity index (χ1v) is 9.80. The Kier molecular flexibility index (Phi) is 5.59. The number of carbonyl (C=O) groups excluding carboxylic acids is 2. The van der Waals surface area contributed by atoms with Crippen molar-refractivity contribution in [1.82, 2.24) is 0 Å². The fourth-order valence-electron chi connectivity index (χ4n) is 3.67. The van der Waals surface area contributed by atoms with E-state index in [9.17, 15) is 14.7 Å². The number of phenols is 1. The van der Waals surface area contributed by atoms with Crippen LogP contribution in [0.3, 0.4) is 0 Å². The summed E-state index contributed by atoms with van der Waals surface area (Å²) < 4.78 is 16.0. The summed E-state index contributed by atoms with van der Waals surface area (Å²) in [7, 11) is 4.43. The topological polar surface area (TPSA) is 97.3 Å². The molecule has 3 aromatic rings. The zero-order chi connectivity index (χ0) is 22.8. The molecular formula is C24H22N2O6. The van der Waals surface area contributed by atoms with Gasteiger partial charge in [0.1, 0.15) is 12.3 Å². The zero-order valence-corrected chi connectivity index (χ0v) is 17.8. The van der Waals surface area contributed by atoms with Gasteiger partial charge in [0.25, 0.3) is 5.91 Å². The van der Waals surface area contributed by atoms with E-state index in [1.54, 1.807) is 48.5 Å². The second kappa shape index (κ2) is 8.50. The third-order valence-electron chi connectivity index (χ3n) is 5.22. The number of carbonyl (C=O) groups is 2. The third-order valence-corrected chi connectivity index (χ3v) is 5.22. The minimum atomic E-state index is -0.377. The van der Waals surface area contributed by atoms with Gasteiger partial charge in [0, 0.05) is 5.56 Å². The molecule has 0 bridgehead atoms. The van der Waals surface area contributed by atoms with E-state index in [0.29, 0.717) is 34.2 Å². The molecule has 0 saturated heterocycles. The van der Waals surface area contributed by atoms with E-state index in [1.807, 2.05) is 6.07 Å². The number of phenolic OH excluding ortho intramolecular Hbond substituents is 1. The van der Waals surface area contributed by atoms with E-state index in [2.05, 4.69) is 5.32 Å². The number of aromatic hydroxyl groups is 1. The number of methoxy groups -OCH3 is 3. The number of hydrogen-bond donors (Lipinski definition) is 2. The SMILES string of the molecule is COc1cc(C(=O)N2CC(=O)Nc3cc(-c4ccc(O)cc4)ccc32)cc(OC)c1OC. The first kappa shape index (κ1) is 21.0. The van der Waals surface area contributed by atoms with Crippen molar-refractivity contribution in [2.75, 3.05) is 38.1 Å². The number of anilines is 2. The third kappa shape index (κ3) is 3.78. The molecule has 0 aromatic heterocycles. The standard InChI is InChI=1S/C24H22N2O6/c1-30-20-11-16(12-21(31-2)23(20)32-3)24(29)26-13-22(28)25-18-10-15(6-9-19(18)26)14-4-7-17(27)8-5-14/h4-12,27H,13H2,1-3H3,(H,25,28). The first-order chi connectivity index (χ1) is 15.4. The molecule has 0 aliphatic carbocycles. The summed E-state index contributed by atoms with van der Waals surface area (Å²) in [5, 5.41) is 12.3. The van der Waals surface area contributed by atoms with Crippen LogP contribution in [-0.2, 0) is 4.79 Å². The van der Waals surface area contributed by atoms with Crippen molar-refractivity contribution in [1.29, 1.82) is 0 Å². The van der Waals surface area contributed by atoms with Gasteiger partial charge < -0.3 is 24.6 Å². The molecule has 1 aliphatic heterocycles. The Balaban J connectivity index is 1.74. The fraction of sp³-hybridized carbons (Fsp3) is 0.167. The van der Waals surface area contributed by atoms with Crippen molar-refractivity contribution in [3.8, 4) is 34.1 Å². The molecule has 2 N–H and O–H groups in total. The number of rotatable bonds is 5. The molecule has 32 heavy (non-hydrogen) atoms. The van der Waals surface area contributed by atoms with Crippen molar-refractivity contribution < 1.29 is 28.9 Å². The quantitative estimate of drug-likeness (QED) is 0.636. The number of amides is 2. The molecule has 0 unspecified atom stereocenters. The van der Waals surface area contributed by atoms with Gasteiger partial charge in [-0.15, -0.1) is 0 Å². The molecule has 0 atom stereocenters. The van der Waals surface area contributed by atoms with Crippen LogP contribution < -0.4 is 24.4 Å². The number of fused-ring (bicyclic) bond motifs is 1. The van der Waals surface area contributed by atoms with E-state index < -0.39 is 0 Å². The number of hydrogen-bond acceptors (Lipinski definition) is 6. The molecule has 8 heteroatoms. The monoisotopic (exact) mass is 434 g/mol. The van der Waals surface area contributed by atoms with Gasteiger partial charge in [0.05, 0.1) is 32.7 Å². The van der Waals surface area contributed by atoms with E-state index in [1.165, 1.54) is 26.2 Å². The lowest BCUT2D eigenvalue weighted by Crippen LogP contribution is -2.42. The van der Waals surface area contributed by atoms with Gasteiger partial charge in [-0.05, 0) is 47.5 Å². The Hall–Kier alpha value is -4.20. The molecule has 1 heterocycles. The first-order valence-electron chi connectivity index (χ1n) is 9.80. The largest absolute Gasteiger partial charge is 0.508 e. The lowest BCUT2D eigenvalue weighted by atomic mass is 10.0. The lowest BCUT2D eigenvalue weighted by molar-refractivity contribution is -0.115. The number of nitrogens with one attached hydrogen (secondary N) is 1. The summed E-state index contributed by atoms with van der Waals surface area (Å²) in [4.78, 5) is 27.2. The summed E-state index contributed by atoms with van der Waals surface area (Å²) >= 11 is 0. The maximum Gasteiger partial charge on any atom is 0.259 e.